The molecular formula is C15H20N4O7. The molecule has 3 aliphatic heterocycles. The van der Waals surface area contributed by atoms with Gasteiger partial charge in [0, 0.05) is 12.7 Å². The average molecular weight is 368 g/mol. The predicted octanol–water partition coefficient (Wildman–Crippen LogP) is -1.43. The highest BCUT2D eigenvalue weighted by Crippen LogP contribution is 2.46. The van der Waals surface area contributed by atoms with Gasteiger partial charge in [-0.15, -0.1) is 5.43 Å². The maximum Gasteiger partial charge on any atom is 0.234 e. The first kappa shape index (κ1) is 17.5. The lowest BCUT2D eigenvalue weighted by molar-refractivity contribution is -0.582. The van der Waals surface area contributed by atoms with Crippen LogP contribution in [0.4, 0.5) is 0 Å². The molecule has 0 aromatic heterocycles. The Labute approximate surface area is 148 Å². The maximum absolute atomic E-state index is 11.1. The van der Waals surface area contributed by atoms with Crippen LogP contribution in [0.2, 0.25) is 0 Å². The molecule has 0 spiro atoms. The summed E-state index contributed by atoms with van der Waals surface area (Å²) in [6, 6.07) is 8.55. The van der Waals surface area contributed by atoms with Crippen LogP contribution in [0.3, 0.4) is 0 Å². The third-order valence-electron chi connectivity index (χ3n) is 5.09. The summed E-state index contributed by atoms with van der Waals surface area (Å²) in [5.74, 6) is -1.93. The van der Waals surface area contributed by atoms with E-state index >= 15 is 0 Å². The van der Waals surface area contributed by atoms with Crippen molar-refractivity contribution in [2.24, 2.45) is 5.73 Å². The summed E-state index contributed by atoms with van der Waals surface area (Å²) in [5.41, 5.74) is 6.74. The van der Waals surface area contributed by atoms with E-state index in [0.29, 0.717) is 0 Å². The van der Waals surface area contributed by atoms with Gasteiger partial charge in [0.2, 0.25) is 5.79 Å². The third kappa shape index (κ3) is 2.41. The van der Waals surface area contributed by atoms with Crippen LogP contribution in [0.1, 0.15) is 11.9 Å². The van der Waals surface area contributed by atoms with Crippen LogP contribution in [-0.4, -0.2) is 59.8 Å². The Morgan fingerprint density at radius 1 is 1.42 bits per heavy atom. The number of methoxy groups -OCH3 is 1. The van der Waals surface area contributed by atoms with Crippen molar-refractivity contribution < 1.29 is 29.1 Å². The van der Waals surface area contributed by atoms with Gasteiger partial charge in [0.1, 0.15) is 12.2 Å². The zero-order valence-corrected chi connectivity index (χ0v) is 13.9. The molecule has 1 aromatic rings. The highest BCUT2D eigenvalue weighted by molar-refractivity contribution is 5.25. The van der Waals surface area contributed by atoms with E-state index in [-0.39, 0.29) is 6.61 Å². The molecule has 3 saturated heterocycles. The van der Waals surface area contributed by atoms with Crippen LogP contribution in [0.25, 0.3) is 0 Å². The van der Waals surface area contributed by atoms with E-state index in [1.54, 1.807) is 0 Å². The van der Waals surface area contributed by atoms with Gasteiger partial charge in [-0.1, -0.05) is 30.3 Å². The number of ether oxygens (including phenoxy) is 4. The van der Waals surface area contributed by atoms with Gasteiger partial charge in [0.25, 0.3) is 0 Å². The van der Waals surface area contributed by atoms with Crippen LogP contribution in [0.15, 0.2) is 30.3 Å². The first-order valence-corrected chi connectivity index (χ1v) is 8.10. The molecule has 0 bridgehead atoms. The molecule has 5 N–H and O–H groups in total. The summed E-state index contributed by atoms with van der Waals surface area (Å²) < 4.78 is 22.6. The Morgan fingerprint density at radius 2 is 2.15 bits per heavy atom. The number of nitro groups is 1. The van der Waals surface area contributed by atoms with E-state index in [4.69, 9.17) is 24.7 Å². The van der Waals surface area contributed by atoms with Gasteiger partial charge in [0.15, 0.2) is 23.2 Å². The fourth-order valence-corrected chi connectivity index (χ4v) is 3.81. The zero-order valence-electron chi connectivity index (χ0n) is 13.9. The molecule has 3 fully saturated rings. The second-order valence-corrected chi connectivity index (χ2v) is 6.54. The maximum atomic E-state index is 11.1. The first-order chi connectivity index (χ1) is 12.4. The number of aliphatic hydroxyl groups is 1. The molecule has 4 rings (SSSR count). The number of hydrazine groups is 1. The van der Waals surface area contributed by atoms with Gasteiger partial charge in [0.05, 0.1) is 12.6 Å². The van der Waals surface area contributed by atoms with Crippen LogP contribution >= 0.6 is 0 Å². The van der Waals surface area contributed by atoms with Crippen molar-refractivity contribution in [3.63, 3.8) is 0 Å². The molecule has 26 heavy (non-hydrogen) atoms. The molecule has 1 aromatic carbocycles. The first-order valence-electron chi connectivity index (χ1n) is 8.10. The number of benzene rings is 1. The van der Waals surface area contributed by atoms with Crippen LogP contribution in [0, 0.1) is 10.1 Å². The number of nitrogens with zero attached hydrogens (tertiary/aromatic N) is 1. The monoisotopic (exact) mass is 368 g/mol. The molecule has 3 aliphatic rings. The molecular weight excluding hydrogens is 348 g/mol. The summed E-state index contributed by atoms with van der Waals surface area (Å²) in [7, 11) is 1.32. The van der Waals surface area contributed by atoms with E-state index in [1.807, 2.05) is 35.8 Å². The summed E-state index contributed by atoms with van der Waals surface area (Å²) in [6.07, 6.45) is -3.02. The summed E-state index contributed by atoms with van der Waals surface area (Å²) in [4.78, 5) is 10.9. The largest absolute Gasteiger partial charge is 0.378 e. The van der Waals surface area contributed by atoms with Crippen molar-refractivity contribution in [3.05, 3.63) is 46.0 Å². The van der Waals surface area contributed by atoms with Gasteiger partial charge in [-0.25, -0.2) is 10.1 Å². The van der Waals surface area contributed by atoms with E-state index in [9.17, 15) is 15.2 Å². The molecule has 0 radical (unpaired) electrons. The van der Waals surface area contributed by atoms with Gasteiger partial charge in [-0.2, -0.15) is 0 Å². The second kappa shape index (κ2) is 6.09. The fraction of sp³-hybridized carbons (Fsp3) is 0.600. The van der Waals surface area contributed by atoms with Crippen molar-refractivity contribution in [2.75, 3.05) is 13.7 Å². The average Bonchev–Trinajstić information content (AvgIpc) is 2.63. The van der Waals surface area contributed by atoms with E-state index in [1.165, 1.54) is 7.11 Å². The zero-order chi connectivity index (χ0) is 18.5. The summed E-state index contributed by atoms with van der Waals surface area (Å²) >= 11 is 0. The molecule has 7 atom stereocenters. The Balaban J connectivity index is 1.59. The number of hydrogen-bond acceptors (Lipinski definition) is 9. The minimum Gasteiger partial charge on any atom is -0.378 e. The number of nitrogens with two attached hydrogens (primary N) is 1. The van der Waals surface area contributed by atoms with Crippen molar-refractivity contribution in [2.45, 2.75) is 42.2 Å². The molecule has 0 aliphatic carbocycles. The highest BCUT2D eigenvalue weighted by Gasteiger charge is 2.76. The lowest BCUT2D eigenvalue weighted by atomic mass is 9.71. The lowest BCUT2D eigenvalue weighted by Gasteiger charge is -2.65. The van der Waals surface area contributed by atoms with Gasteiger partial charge >= 0.3 is 0 Å². The van der Waals surface area contributed by atoms with Crippen molar-refractivity contribution >= 4 is 0 Å². The fourth-order valence-electron chi connectivity index (χ4n) is 3.81. The number of rotatable bonds is 4. The number of hydrogen-bond donors (Lipinski definition) is 4. The topological polar surface area (TPSA) is 150 Å². The van der Waals surface area contributed by atoms with Crippen molar-refractivity contribution in [3.8, 4) is 0 Å². The predicted molar refractivity (Wildman–Crippen MR) is 84.6 cm³/mol. The van der Waals surface area contributed by atoms with Crippen LogP contribution in [0.5, 0.6) is 0 Å². The SMILES string of the molecule is COC1OC2COC(c3ccccc3)OC2C2NC(N)(N[N+](=O)[O-])C12O. The van der Waals surface area contributed by atoms with Gasteiger partial charge in [-0.3, -0.25) is 11.1 Å². The molecule has 0 amide bonds. The Hall–Kier alpha value is -1.86. The molecule has 142 valence electrons. The van der Waals surface area contributed by atoms with Crippen LogP contribution < -0.4 is 16.5 Å². The third-order valence-corrected chi connectivity index (χ3v) is 5.09. The lowest BCUT2D eigenvalue weighted by Crippen LogP contribution is -2.99. The molecule has 3 heterocycles. The van der Waals surface area contributed by atoms with Crippen molar-refractivity contribution in [1.82, 2.24) is 10.7 Å². The second-order valence-electron chi connectivity index (χ2n) is 6.54. The Morgan fingerprint density at radius 3 is 2.81 bits per heavy atom. The smallest absolute Gasteiger partial charge is 0.234 e. The van der Waals surface area contributed by atoms with E-state index in [0.717, 1.165) is 5.56 Å². The van der Waals surface area contributed by atoms with Crippen molar-refractivity contribution in [1.29, 1.82) is 0 Å². The molecule has 11 heteroatoms. The Bertz CT molecular complexity index is 694. The van der Waals surface area contributed by atoms with Gasteiger partial charge in [-0.05, 0) is 0 Å². The quantitative estimate of drug-likeness (QED) is 0.283. The number of nitrogens with one attached hydrogen (secondary N) is 2. The van der Waals surface area contributed by atoms with E-state index in [2.05, 4.69) is 5.32 Å². The Kier molecular flexibility index (Phi) is 4.11. The summed E-state index contributed by atoms with van der Waals surface area (Å²) in [6.45, 7) is 0.207. The minimum absolute atomic E-state index is 0.207. The molecule has 0 saturated carbocycles. The van der Waals surface area contributed by atoms with Gasteiger partial charge < -0.3 is 24.1 Å². The standard InChI is InChI=1S/C15H20N4O7/c1-23-13-14(20)11(17-15(14,16)18-19(21)22)10-9(25-13)7-24-12(26-10)8-5-3-2-4-6-8/h2-6,9-13,17-18,20H,7,16H2,1H3. The summed E-state index contributed by atoms with van der Waals surface area (Å²) in [5, 5.41) is 24.0. The molecule has 11 nitrogen and oxygen atoms in total. The minimum atomic E-state index is -1.93. The highest BCUT2D eigenvalue weighted by atomic mass is 16.8. The number of fused-ring (bicyclic) bond motifs is 3. The van der Waals surface area contributed by atoms with Crippen LogP contribution in [-0.2, 0) is 18.9 Å². The normalized spacial score (nSPS) is 44.3. The molecule has 7 unspecified atom stereocenters. The van der Waals surface area contributed by atoms with E-state index < -0.39 is 47.2 Å².